The molecule has 1 fully saturated rings. The summed E-state index contributed by atoms with van der Waals surface area (Å²) in [6, 6.07) is 12.5. The van der Waals surface area contributed by atoms with Gasteiger partial charge in [-0.05, 0) is 68.7 Å². The van der Waals surface area contributed by atoms with Crippen molar-refractivity contribution in [3.05, 3.63) is 64.7 Å². The molecule has 0 bridgehead atoms. The van der Waals surface area contributed by atoms with Crippen molar-refractivity contribution in [2.45, 2.75) is 38.4 Å². The van der Waals surface area contributed by atoms with Crippen molar-refractivity contribution < 1.29 is 35.9 Å². The first-order valence-electron chi connectivity index (χ1n) is 13.8. The molecule has 2 amide bonds. The first-order chi connectivity index (χ1) is 21.4. The summed E-state index contributed by atoms with van der Waals surface area (Å²) in [5.74, 6) is -1.46. The maximum atomic E-state index is 12.9. The summed E-state index contributed by atoms with van der Waals surface area (Å²) in [5.41, 5.74) is -0.282. The van der Waals surface area contributed by atoms with Crippen LogP contribution in [0.4, 0.5) is 30.8 Å². The Labute approximate surface area is 268 Å². The first-order valence-corrected chi connectivity index (χ1v) is 15.6. The number of amides is 2. The lowest BCUT2D eigenvalue weighted by Gasteiger charge is -2.24. The van der Waals surface area contributed by atoms with Crippen LogP contribution in [0.15, 0.2) is 48.5 Å². The van der Waals surface area contributed by atoms with E-state index in [0.29, 0.717) is 10.7 Å². The standard InChI is InChI=1S/C28H32ClF3N8O5S/c1-26(2,22(42)39-46(43,44)40(3)4)15-33-21(41)17-5-11-20(12-6-17)34-23-35-24(37-25(36-23)45-16-28(30,31)32)38-27(13-14-27)18-7-9-19(29)10-8-18/h5-12H,13-16H2,1-4H3,(H,33,41)(H,39,42)(H2,34,35,36,37,38). The van der Waals surface area contributed by atoms with Crippen LogP contribution >= 0.6 is 11.6 Å². The summed E-state index contributed by atoms with van der Waals surface area (Å²) < 4.78 is 70.2. The van der Waals surface area contributed by atoms with Crippen LogP contribution in [0.25, 0.3) is 0 Å². The number of hydrogen-bond acceptors (Lipinski definition) is 10. The molecule has 248 valence electrons. The maximum absolute atomic E-state index is 12.9. The summed E-state index contributed by atoms with van der Waals surface area (Å²) >= 11 is 6.01. The smallest absolute Gasteiger partial charge is 0.422 e. The number of aromatic nitrogens is 3. The summed E-state index contributed by atoms with van der Waals surface area (Å²) in [6.45, 7) is 1.18. The number of rotatable bonds is 13. The zero-order valence-electron chi connectivity index (χ0n) is 25.2. The number of alkyl halides is 3. The fraction of sp³-hybridized carbons (Fsp3) is 0.393. The van der Waals surface area contributed by atoms with Gasteiger partial charge < -0.3 is 20.7 Å². The van der Waals surface area contributed by atoms with Gasteiger partial charge in [0.1, 0.15) is 0 Å². The third-order valence-corrected chi connectivity index (χ3v) is 8.55. The third kappa shape index (κ3) is 9.17. The molecular weight excluding hydrogens is 653 g/mol. The maximum Gasteiger partial charge on any atom is 0.422 e. The van der Waals surface area contributed by atoms with E-state index in [9.17, 15) is 31.2 Å². The van der Waals surface area contributed by atoms with E-state index in [2.05, 4.69) is 30.9 Å². The van der Waals surface area contributed by atoms with Crippen molar-refractivity contribution in [3.8, 4) is 6.01 Å². The van der Waals surface area contributed by atoms with Crippen LogP contribution in [-0.2, 0) is 20.5 Å². The van der Waals surface area contributed by atoms with Crippen molar-refractivity contribution in [1.82, 2.24) is 29.3 Å². The molecule has 2 aromatic carbocycles. The molecule has 0 unspecified atom stereocenters. The quantitative estimate of drug-likeness (QED) is 0.207. The topological polar surface area (TPSA) is 168 Å². The molecular formula is C28H32ClF3N8O5S. The van der Waals surface area contributed by atoms with Gasteiger partial charge in [0.05, 0.1) is 11.0 Å². The van der Waals surface area contributed by atoms with Gasteiger partial charge in [-0.1, -0.05) is 23.7 Å². The fourth-order valence-electron chi connectivity index (χ4n) is 3.94. The molecule has 4 N–H and O–H groups in total. The van der Waals surface area contributed by atoms with E-state index >= 15 is 0 Å². The molecule has 4 rings (SSSR count). The van der Waals surface area contributed by atoms with Gasteiger partial charge in [-0.15, -0.1) is 0 Å². The average molecular weight is 685 g/mol. The Morgan fingerprint density at radius 3 is 2.15 bits per heavy atom. The second kappa shape index (κ2) is 13.3. The lowest BCUT2D eigenvalue weighted by molar-refractivity contribution is -0.154. The molecule has 0 aliphatic heterocycles. The molecule has 1 aliphatic carbocycles. The van der Waals surface area contributed by atoms with E-state index in [1.54, 1.807) is 12.1 Å². The van der Waals surface area contributed by atoms with Crippen LogP contribution < -0.4 is 25.4 Å². The number of hydrogen-bond donors (Lipinski definition) is 4. The predicted octanol–water partition coefficient (Wildman–Crippen LogP) is 3.99. The summed E-state index contributed by atoms with van der Waals surface area (Å²) in [4.78, 5) is 37.5. The van der Waals surface area contributed by atoms with Gasteiger partial charge in [0.25, 0.3) is 5.91 Å². The van der Waals surface area contributed by atoms with Crippen molar-refractivity contribution in [2.24, 2.45) is 5.41 Å². The van der Waals surface area contributed by atoms with Gasteiger partial charge in [-0.2, -0.15) is 40.8 Å². The highest BCUT2D eigenvalue weighted by Crippen LogP contribution is 2.48. The molecule has 46 heavy (non-hydrogen) atoms. The lowest BCUT2D eigenvalue weighted by Crippen LogP contribution is -2.49. The minimum absolute atomic E-state index is 0.0110. The molecule has 1 aliphatic rings. The number of carbonyl (C=O) groups is 2. The highest BCUT2D eigenvalue weighted by atomic mass is 35.5. The first kappa shape index (κ1) is 34.6. The normalized spacial score (nSPS) is 14.4. The van der Waals surface area contributed by atoms with Crippen molar-refractivity contribution >= 4 is 51.2 Å². The van der Waals surface area contributed by atoms with Crippen LogP contribution in [-0.4, -0.2) is 72.9 Å². The SMILES string of the molecule is CN(C)S(=O)(=O)NC(=O)C(C)(C)CNC(=O)c1ccc(Nc2nc(NC3(c4ccc(Cl)cc4)CC3)nc(OCC(F)(F)F)n2)cc1. The van der Waals surface area contributed by atoms with E-state index in [0.717, 1.165) is 22.7 Å². The number of nitrogens with one attached hydrogen (secondary N) is 4. The molecule has 18 heteroatoms. The molecule has 1 saturated carbocycles. The molecule has 0 radical (unpaired) electrons. The van der Waals surface area contributed by atoms with Gasteiger partial charge in [0.15, 0.2) is 6.61 Å². The average Bonchev–Trinajstić information content (AvgIpc) is 3.75. The zero-order valence-corrected chi connectivity index (χ0v) is 26.8. The highest BCUT2D eigenvalue weighted by molar-refractivity contribution is 7.87. The largest absolute Gasteiger partial charge is 0.454 e. The Kier molecular flexibility index (Phi) is 9.98. The van der Waals surface area contributed by atoms with E-state index < -0.39 is 51.8 Å². The molecule has 0 atom stereocenters. The number of benzene rings is 2. The highest BCUT2D eigenvalue weighted by Gasteiger charge is 2.45. The Bertz CT molecular complexity index is 1680. The number of anilines is 3. The fourth-order valence-corrected chi connectivity index (χ4v) is 4.76. The molecule has 0 saturated heterocycles. The summed E-state index contributed by atoms with van der Waals surface area (Å²) in [5, 5.41) is 9.22. The Hall–Kier alpha value is -4.22. The minimum atomic E-state index is -4.62. The lowest BCUT2D eigenvalue weighted by atomic mass is 9.92. The predicted molar refractivity (Wildman–Crippen MR) is 164 cm³/mol. The van der Waals surface area contributed by atoms with Crippen LogP contribution in [0.3, 0.4) is 0 Å². The molecule has 0 spiro atoms. The van der Waals surface area contributed by atoms with E-state index in [4.69, 9.17) is 16.3 Å². The van der Waals surface area contributed by atoms with E-state index in [-0.39, 0.29) is 24.0 Å². The number of nitrogens with zero attached hydrogens (tertiary/aromatic N) is 4. The van der Waals surface area contributed by atoms with Crippen LogP contribution in [0.2, 0.25) is 5.02 Å². The van der Waals surface area contributed by atoms with Crippen molar-refractivity contribution in [3.63, 3.8) is 0 Å². The molecule has 3 aromatic rings. The van der Waals surface area contributed by atoms with Crippen LogP contribution in [0, 0.1) is 5.41 Å². The van der Waals surface area contributed by atoms with Crippen LogP contribution in [0.5, 0.6) is 6.01 Å². The van der Waals surface area contributed by atoms with Crippen molar-refractivity contribution in [1.29, 1.82) is 0 Å². The molecule has 13 nitrogen and oxygen atoms in total. The number of carbonyl (C=O) groups excluding carboxylic acids is 2. The van der Waals surface area contributed by atoms with Gasteiger partial charge in [-0.3, -0.25) is 9.59 Å². The number of halogens is 4. The zero-order chi connectivity index (χ0) is 33.9. The summed E-state index contributed by atoms with van der Waals surface area (Å²) in [6.07, 6.45) is -3.17. The van der Waals surface area contributed by atoms with Gasteiger partial charge in [-0.25, -0.2) is 4.72 Å². The molecule has 1 aromatic heterocycles. The van der Waals surface area contributed by atoms with Crippen LogP contribution in [0.1, 0.15) is 42.6 Å². The minimum Gasteiger partial charge on any atom is -0.454 e. The Balaban J connectivity index is 1.45. The van der Waals surface area contributed by atoms with Gasteiger partial charge >= 0.3 is 22.4 Å². The van der Waals surface area contributed by atoms with Gasteiger partial charge in [0, 0.05) is 36.9 Å². The second-order valence-corrected chi connectivity index (χ2v) is 13.7. The van der Waals surface area contributed by atoms with E-state index in [1.807, 2.05) is 16.9 Å². The second-order valence-electron chi connectivity index (χ2n) is 11.4. The number of ether oxygens (including phenoxy) is 1. The van der Waals surface area contributed by atoms with Crippen molar-refractivity contribution in [2.75, 3.05) is 37.9 Å². The van der Waals surface area contributed by atoms with E-state index in [1.165, 1.54) is 52.2 Å². The summed E-state index contributed by atoms with van der Waals surface area (Å²) in [7, 11) is -1.46. The molecule has 1 heterocycles. The third-order valence-electron chi connectivity index (χ3n) is 6.89. The Morgan fingerprint density at radius 1 is 0.978 bits per heavy atom. The Morgan fingerprint density at radius 2 is 1.59 bits per heavy atom. The van der Waals surface area contributed by atoms with Gasteiger partial charge in [0.2, 0.25) is 17.8 Å². The monoisotopic (exact) mass is 684 g/mol.